The standard InChI is InChI=1S/C13H29N2O3P/c1-4-5-6-7-8-9-10-15(17)13(16)11-14-12-19(2,3)18/h14,17H,4-12H2,1-3H3. The lowest BCUT2D eigenvalue weighted by atomic mass is 10.1. The van der Waals surface area contributed by atoms with Crippen molar-refractivity contribution in [3.63, 3.8) is 0 Å². The van der Waals surface area contributed by atoms with E-state index in [0.29, 0.717) is 12.8 Å². The maximum atomic E-state index is 11.5. The third-order valence-electron chi connectivity index (χ3n) is 2.78. The Morgan fingerprint density at radius 3 is 2.32 bits per heavy atom. The summed E-state index contributed by atoms with van der Waals surface area (Å²) in [6, 6.07) is 0. The van der Waals surface area contributed by atoms with Crippen molar-refractivity contribution in [2.75, 3.05) is 32.7 Å². The minimum absolute atomic E-state index is 0.0397. The van der Waals surface area contributed by atoms with Gasteiger partial charge in [0.25, 0.3) is 5.91 Å². The Hall–Kier alpha value is -0.380. The van der Waals surface area contributed by atoms with E-state index >= 15 is 0 Å². The zero-order chi connectivity index (χ0) is 14.7. The average Bonchev–Trinajstić information content (AvgIpc) is 2.31. The summed E-state index contributed by atoms with van der Waals surface area (Å²) in [6.45, 7) is 5.92. The maximum Gasteiger partial charge on any atom is 0.259 e. The smallest absolute Gasteiger partial charge is 0.259 e. The minimum Gasteiger partial charge on any atom is -0.323 e. The van der Waals surface area contributed by atoms with Crippen LogP contribution in [0.2, 0.25) is 0 Å². The normalized spacial score (nSPS) is 11.6. The number of hydrogen-bond donors (Lipinski definition) is 2. The highest BCUT2D eigenvalue weighted by atomic mass is 31.2. The molecule has 0 saturated heterocycles. The van der Waals surface area contributed by atoms with Gasteiger partial charge in [0.2, 0.25) is 0 Å². The van der Waals surface area contributed by atoms with Crippen LogP contribution in [-0.4, -0.2) is 48.9 Å². The van der Waals surface area contributed by atoms with Gasteiger partial charge in [-0.3, -0.25) is 10.0 Å². The van der Waals surface area contributed by atoms with Gasteiger partial charge in [0.15, 0.2) is 0 Å². The molecule has 0 spiro atoms. The van der Waals surface area contributed by atoms with E-state index in [1.807, 2.05) is 0 Å². The molecule has 0 aliphatic rings. The first-order valence-electron chi connectivity index (χ1n) is 7.10. The summed E-state index contributed by atoms with van der Waals surface area (Å²) >= 11 is 0. The highest BCUT2D eigenvalue weighted by Gasteiger charge is 2.12. The Morgan fingerprint density at radius 2 is 1.74 bits per heavy atom. The van der Waals surface area contributed by atoms with E-state index in [1.165, 1.54) is 19.3 Å². The molecule has 0 fully saturated rings. The van der Waals surface area contributed by atoms with Crippen molar-refractivity contribution in [1.29, 1.82) is 0 Å². The van der Waals surface area contributed by atoms with Gasteiger partial charge in [-0.05, 0) is 19.8 Å². The summed E-state index contributed by atoms with van der Waals surface area (Å²) in [7, 11) is -2.15. The van der Waals surface area contributed by atoms with Gasteiger partial charge in [0, 0.05) is 12.8 Å². The van der Waals surface area contributed by atoms with Crippen LogP contribution in [-0.2, 0) is 9.36 Å². The molecule has 1 amide bonds. The molecule has 0 heterocycles. The molecular formula is C13H29N2O3P. The van der Waals surface area contributed by atoms with E-state index in [2.05, 4.69) is 12.2 Å². The van der Waals surface area contributed by atoms with Crippen LogP contribution < -0.4 is 5.32 Å². The van der Waals surface area contributed by atoms with Gasteiger partial charge in [-0.2, -0.15) is 0 Å². The second kappa shape index (κ2) is 10.4. The lowest BCUT2D eigenvalue weighted by Gasteiger charge is -2.16. The Labute approximate surface area is 117 Å². The van der Waals surface area contributed by atoms with Gasteiger partial charge in [0.1, 0.15) is 0 Å². The molecule has 0 saturated carbocycles. The number of rotatable bonds is 11. The van der Waals surface area contributed by atoms with Gasteiger partial charge < -0.3 is 9.88 Å². The lowest BCUT2D eigenvalue weighted by molar-refractivity contribution is -0.164. The van der Waals surface area contributed by atoms with Crippen molar-refractivity contribution in [3.8, 4) is 0 Å². The van der Waals surface area contributed by atoms with E-state index in [-0.39, 0.29) is 12.5 Å². The molecule has 0 aromatic rings. The molecule has 5 nitrogen and oxygen atoms in total. The quantitative estimate of drug-likeness (QED) is 0.266. The number of amides is 1. The third kappa shape index (κ3) is 12.4. The summed E-state index contributed by atoms with van der Waals surface area (Å²) in [5.74, 6) is -0.359. The number of hydroxylamine groups is 2. The number of carbonyl (C=O) groups excluding carboxylic acids is 1. The first-order valence-corrected chi connectivity index (χ1v) is 9.89. The predicted octanol–water partition coefficient (Wildman–Crippen LogP) is 2.73. The zero-order valence-electron chi connectivity index (χ0n) is 12.5. The first-order chi connectivity index (χ1) is 8.87. The largest absolute Gasteiger partial charge is 0.323 e. The van der Waals surface area contributed by atoms with E-state index in [0.717, 1.165) is 24.3 Å². The molecule has 0 aromatic heterocycles. The molecule has 0 aliphatic heterocycles. The summed E-state index contributed by atoms with van der Waals surface area (Å²) in [5.41, 5.74) is 0. The molecule has 19 heavy (non-hydrogen) atoms. The molecule has 0 aliphatic carbocycles. The Kier molecular flexibility index (Phi) is 10.2. The lowest BCUT2D eigenvalue weighted by Crippen LogP contribution is -2.36. The fourth-order valence-electron chi connectivity index (χ4n) is 1.69. The number of nitrogens with zero attached hydrogens (tertiary/aromatic N) is 1. The molecule has 0 rings (SSSR count). The van der Waals surface area contributed by atoms with E-state index < -0.39 is 7.14 Å². The van der Waals surface area contributed by atoms with Crippen LogP contribution >= 0.6 is 7.14 Å². The van der Waals surface area contributed by atoms with Crippen LogP contribution in [0.3, 0.4) is 0 Å². The summed E-state index contributed by atoms with van der Waals surface area (Å²) in [6.07, 6.45) is 7.03. The Bertz CT molecular complexity index is 292. The van der Waals surface area contributed by atoms with Gasteiger partial charge in [-0.25, -0.2) is 5.06 Å². The highest BCUT2D eigenvalue weighted by molar-refractivity contribution is 7.62. The van der Waals surface area contributed by atoms with Crippen LogP contribution in [0.5, 0.6) is 0 Å². The average molecular weight is 292 g/mol. The molecule has 0 atom stereocenters. The zero-order valence-corrected chi connectivity index (χ0v) is 13.4. The van der Waals surface area contributed by atoms with Gasteiger partial charge in [-0.1, -0.05) is 39.0 Å². The Morgan fingerprint density at radius 1 is 1.16 bits per heavy atom. The molecule has 0 unspecified atom stereocenters. The monoisotopic (exact) mass is 292 g/mol. The maximum absolute atomic E-state index is 11.5. The number of hydrogen-bond acceptors (Lipinski definition) is 4. The molecule has 6 heteroatoms. The second-order valence-corrected chi connectivity index (χ2v) is 8.91. The van der Waals surface area contributed by atoms with Crippen molar-refractivity contribution in [1.82, 2.24) is 10.4 Å². The Balaban J connectivity index is 3.57. The van der Waals surface area contributed by atoms with Crippen molar-refractivity contribution in [2.45, 2.75) is 45.4 Å². The molecule has 0 radical (unpaired) electrons. The molecule has 0 aromatic carbocycles. The molecule has 114 valence electrons. The number of carbonyl (C=O) groups is 1. The van der Waals surface area contributed by atoms with Crippen molar-refractivity contribution in [2.24, 2.45) is 0 Å². The topological polar surface area (TPSA) is 69.6 Å². The van der Waals surface area contributed by atoms with Crippen LogP contribution in [0.4, 0.5) is 0 Å². The van der Waals surface area contributed by atoms with Crippen LogP contribution in [0, 0.1) is 0 Å². The molecular weight excluding hydrogens is 263 g/mol. The highest BCUT2D eigenvalue weighted by Crippen LogP contribution is 2.33. The summed E-state index contributed by atoms with van der Waals surface area (Å²) < 4.78 is 11.4. The third-order valence-corrected chi connectivity index (χ3v) is 3.77. The van der Waals surface area contributed by atoms with E-state index in [4.69, 9.17) is 0 Å². The van der Waals surface area contributed by atoms with E-state index in [1.54, 1.807) is 13.3 Å². The summed E-state index contributed by atoms with van der Waals surface area (Å²) in [5, 5.41) is 13.1. The summed E-state index contributed by atoms with van der Waals surface area (Å²) in [4.78, 5) is 11.5. The second-order valence-electron chi connectivity index (χ2n) is 5.44. The predicted molar refractivity (Wildman–Crippen MR) is 79.2 cm³/mol. The van der Waals surface area contributed by atoms with E-state index in [9.17, 15) is 14.6 Å². The van der Waals surface area contributed by atoms with Gasteiger partial charge in [0.05, 0.1) is 13.7 Å². The fraction of sp³-hybridized carbons (Fsp3) is 0.923. The van der Waals surface area contributed by atoms with Crippen molar-refractivity contribution < 1.29 is 14.6 Å². The first kappa shape index (κ1) is 18.6. The molecule has 0 bridgehead atoms. The van der Waals surface area contributed by atoms with Crippen LogP contribution in [0.15, 0.2) is 0 Å². The van der Waals surface area contributed by atoms with Crippen LogP contribution in [0.1, 0.15) is 45.4 Å². The van der Waals surface area contributed by atoms with Crippen molar-refractivity contribution in [3.05, 3.63) is 0 Å². The van der Waals surface area contributed by atoms with Gasteiger partial charge >= 0.3 is 0 Å². The molecule has 2 N–H and O–H groups in total. The van der Waals surface area contributed by atoms with Gasteiger partial charge in [-0.15, -0.1) is 0 Å². The number of nitrogens with one attached hydrogen (secondary N) is 1. The fourth-order valence-corrected chi connectivity index (χ4v) is 2.34. The van der Waals surface area contributed by atoms with Crippen LogP contribution in [0.25, 0.3) is 0 Å². The van der Waals surface area contributed by atoms with Crippen molar-refractivity contribution >= 4 is 13.0 Å². The SMILES string of the molecule is CCCCCCCCN(O)C(=O)CNCP(C)(C)=O. The minimum atomic E-state index is -2.15. The number of unbranched alkanes of at least 4 members (excludes halogenated alkanes) is 5.